The highest BCUT2D eigenvalue weighted by Gasteiger charge is 2.05. The average molecular weight is 286 g/mol. The third kappa shape index (κ3) is 4.34. The summed E-state index contributed by atoms with van der Waals surface area (Å²) in [5.41, 5.74) is 2.00. The lowest BCUT2D eigenvalue weighted by Crippen LogP contribution is -2.13. The Morgan fingerprint density at radius 3 is 2.67 bits per heavy atom. The lowest BCUT2D eigenvalue weighted by Gasteiger charge is -2.13. The highest BCUT2D eigenvalue weighted by molar-refractivity contribution is 5.44. The molecule has 0 radical (unpaired) electrons. The molecule has 5 nitrogen and oxygen atoms in total. The molecule has 0 spiro atoms. The van der Waals surface area contributed by atoms with Gasteiger partial charge in [-0.2, -0.15) is 4.98 Å². The first kappa shape index (κ1) is 15.1. The molecule has 0 bridgehead atoms. The van der Waals surface area contributed by atoms with Crippen LogP contribution in [0.4, 0.5) is 11.8 Å². The van der Waals surface area contributed by atoms with Gasteiger partial charge in [0.15, 0.2) is 0 Å². The second-order valence-corrected chi connectivity index (χ2v) is 5.18. The van der Waals surface area contributed by atoms with Gasteiger partial charge in [-0.25, -0.2) is 4.98 Å². The first-order valence-electron chi connectivity index (χ1n) is 7.06. The van der Waals surface area contributed by atoms with Crippen LogP contribution in [0.25, 0.3) is 0 Å². The topological polar surface area (TPSA) is 59.1 Å². The Balaban J connectivity index is 2.10. The predicted molar refractivity (Wildman–Crippen MR) is 85.8 cm³/mol. The van der Waals surface area contributed by atoms with E-state index < -0.39 is 0 Å². The molecule has 5 heteroatoms. The van der Waals surface area contributed by atoms with E-state index in [1.807, 2.05) is 37.3 Å². The van der Waals surface area contributed by atoms with E-state index in [4.69, 9.17) is 4.74 Å². The fourth-order valence-corrected chi connectivity index (χ4v) is 2.04. The van der Waals surface area contributed by atoms with Gasteiger partial charge in [0.1, 0.15) is 11.6 Å². The average Bonchev–Trinajstić information content (AvgIpc) is 2.44. The van der Waals surface area contributed by atoms with E-state index in [1.54, 1.807) is 7.11 Å². The van der Waals surface area contributed by atoms with E-state index in [9.17, 15) is 0 Å². The predicted octanol–water partition coefficient (Wildman–Crippen LogP) is 3.23. The maximum absolute atomic E-state index is 5.34. The summed E-state index contributed by atoms with van der Waals surface area (Å²) < 4.78 is 5.34. The number of ether oxygens (including phenoxy) is 1. The van der Waals surface area contributed by atoms with Crippen molar-refractivity contribution in [2.45, 2.75) is 33.4 Å². The van der Waals surface area contributed by atoms with Gasteiger partial charge in [-0.15, -0.1) is 0 Å². The van der Waals surface area contributed by atoms with Gasteiger partial charge in [0, 0.05) is 29.9 Å². The minimum Gasteiger partial charge on any atom is -0.496 e. The largest absolute Gasteiger partial charge is 0.496 e. The summed E-state index contributed by atoms with van der Waals surface area (Å²) in [4.78, 5) is 8.88. The van der Waals surface area contributed by atoms with Crippen LogP contribution in [0.15, 0.2) is 30.3 Å². The number of aryl methyl sites for hydroxylation is 1. The summed E-state index contributed by atoms with van der Waals surface area (Å²) in [6.07, 6.45) is 0. The van der Waals surface area contributed by atoms with Crippen LogP contribution in [0.1, 0.15) is 25.1 Å². The van der Waals surface area contributed by atoms with Crippen LogP contribution in [0.3, 0.4) is 0 Å². The zero-order valence-corrected chi connectivity index (χ0v) is 13.0. The molecular formula is C16H22N4O. The fourth-order valence-electron chi connectivity index (χ4n) is 2.04. The van der Waals surface area contributed by atoms with Crippen LogP contribution in [-0.2, 0) is 6.54 Å². The van der Waals surface area contributed by atoms with Gasteiger partial charge >= 0.3 is 0 Å². The van der Waals surface area contributed by atoms with Crippen molar-refractivity contribution in [2.75, 3.05) is 17.7 Å². The van der Waals surface area contributed by atoms with Crippen LogP contribution in [0, 0.1) is 6.92 Å². The lowest BCUT2D eigenvalue weighted by atomic mass is 10.2. The van der Waals surface area contributed by atoms with Crippen LogP contribution in [0.5, 0.6) is 5.75 Å². The normalized spacial score (nSPS) is 10.5. The Morgan fingerprint density at radius 1 is 1.19 bits per heavy atom. The molecule has 0 aliphatic carbocycles. The third-order valence-electron chi connectivity index (χ3n) is 2.92. The molecule has 0 aliphatic rings. The standard InChI is InChI=1S/C16H22N4O/c1-11(2)18-15-9-12(3)19-16(20-15)17-10-13-7-5-6-8-14(13)21-4/h5-9,11H,10H2,1-4H3,(H2,17,18,19,20). The maximum atomic E-state index is 5.34. The van der Waals surface area contributed by atoms with Crippen molar-refractivity contribution in [1.29, 1.82) is 0 Å². The summed E-state index contributed by atoms with van der Waals surface area (Å²) in [6.45, 7) is 6.74. The highest BCUT2D eigenvalue weighted by atomic mass is 16.5. The Morgan fingerprint density at radius 2 is 1.95 bits per heavy atom. The maximum Gasteiger partial charge on any atom is 0.225 e. The summed E-state index contributed by atoms with van der Waals surface area (Å²) in [7, 11) is 1.67. The molecule has 0 saturated heterocycles. The van der Waals surface area contributed by atoms with Gasteiger partial charge < -0.3 is 15.4 Å². The van der Waals surface area contributed by atoms with Gasteiger partial charge in [-0.3, -0.25) is 0 Å². The molecule has 0 aliphatic heterocycles. The first-order chi connectivity index (χ1) is 10.1. The van der Waals surface area contributed by atoms with E-state index >= 15 is 0 Å². The summed E-state index contributed by atoms with van der Waals surface area (Å²) in [5.74, 6) is 2.31. The molecular weight excluding hydrogens is 264 g/mol. The van der Waals surface area contributed by atoms with Gasteiger partial charge in [0.25, 0.3) is 0 Å². The molecule has 0 saturated carbocycles. The number of hydrogen-bond acceptors (Lipinski definition) is 5. The number of aromatic nitrogens is 2. The quantitative estimate of drug-likeness (QED) is 0.854. The van der Waals surface area contributed by atoms with Crippen molar-refractivity contribution < 1.29 is 4.74 Å². The number of methoxy groups -OCH3 is 1. The van der Waals surface area contributed by atoms with E-state index in [-0.39, 0.29) is 0 Å². The second kappa shape index (κ2) is 6.92. The Kier molecular flexibility index (Phi) is 4.98. The number of benzene rings is 1. The van der Waals surface area contributed by atoms with Crippen molar-refractivity contribution in [3.8, 4) is 5.75 Å². The van der Waals surface area contributed by atoms with E-state index in [2.05, 4.69) is 34.4 Å². The SMILES string of the molecule is COc1ccccc1CNc1nc(C)cc(NC(C)C)n1. The smallest absolute Gasteiger partial charge is 0.225 e. The molecule has 2 aromatic rings. The van der Waals surface area contributed by atoms with Crippen molar-refractivity contribution >= 4 is 11.8 Å². The Labute approximate surface area is 125 Å². The zero-order chi connectivity index (χ0) is 15.2. The highest BCUT2D eigenvalue weighted by Crippen LogP contribution is 2.18. The molecule has 2 N–H and O–H groups in total. The number of rotatable bonds is 6. The van der Waals surface area contributed by atoms with Crippen LogP contribution < -0.4 is 15.4 Å². The molecule has 0 atom stereocenters. The molecule has 0 fully saturated rings. The molecule has 0 amide bonds. The van der Waals surface area contributed by atoms with Crippen molar-refractivity contribution in [2.24, 2.45) is 0 Å². The van der Waals surface area contributed by atoms with Crippen LogP contribution in [0.2, 0.25) is 0 Å². The number of hydrogen-bond donors (Lipinski definition) is 2. The fraction of sp³-hybridized carbons (Fsp3) is 0.375. The number of nitrogens with one attached hydrogen (secondary N) is 2. The lowest BCUT2D eigenvalue weighted by molar-refractivity contribution is 0.410. The van der Waals surface area contributed by atoms with E-state index in [0.717, 1.165) is 22.8 Å². The van der Waals surface area contributed by atoms with Gasteiger partial charge in [0.05, 0.1) is 7.11 Å². The minimum atomic E-state index is 0.335. The van der Waals surface area contributed by atoms with Crippen molar-refractivity contribution in [3.63, 3.8) is 0 Å². The Hall–Kier alpha value is -2.30. The molecule has 1 heterocycles. The number of nitrogens with zero attached hydrogens (tertiary/aromatic N) is 2. The van der Waals surface area contributed by atoms with E-state index in [0.29, 0.717) is 18.5 Å². The summed E-state index contributed by atoms with van der Waals surface area (Å²) in [5, 5.41) is 6.54. The van der Waals surface area contributed by atoms with Gasteiger partial charge in [0.2, 0.25) is 5.95 Å². The number of anilines is 2. The zero-order valence-electron chi connectivity index (χ0n) is 13.0. The van der Waals surface area contributed by atoms with E-state index in [1.165, 1.54) is 0 Å². The molecule has 1 aromatic carbocycles. The van der Waals surface area contributed by atoms with Gasteiger partial charge in [-0.05, 0) is 26.8 Å². The second-order valence-electron chi connectivity index (χ2n) is 5.18. The third-order valence-corrected chi connectivity index (χ3v) is 2.92. The van der Waals surface area contributed by atoms with Crippen LogP contribution >= 0.6 is 0 Å². The molecule has 1 aromatic heterocycles. The Bertz CT molecular complexity index is 599. The monoisotopic (exact) mass is 286 g/mol. The molecule has 21 heavy (non-hydrogen) atoms. The summed E-state index contributed by atoms with van der Waals surface area (Å²) >= 11 is 0. The molecule has 112 valence electrons. The first-order valence-corrected chi connectivity index (χ1v) is 7.06. The molecule has 0 unspecified atom stereocenters. The van der Waals surface area contributed by atoms with Crippen molar-refractivity contribution in [1.82, 2.24) is 9.97 Å². The minimum absolute atomic E-state index is 0.335. The molecule has 2 rings (SSSR count). The number of para-hydroxylation sites is 1. The van der Waals surface area contributed by atoms with Crippen LogP contribution in [-0.4, -0.2) is 23.1 Å². The summed E-state index contributed by atoms with van der Waals surface area (Å²) in [6, 6.07) is 10.2. The van der Waals surface area contributed by atoms with Gasteiger partial charge in [-0.1, -0.05) is 18.2 Å². The van der Waals surface area contributed by atoms with Crippen molar-refractivity contribution in [3.05, 3.63) is 41.6 Å².